The maximum absolute atomic E-state index is 12.3. The molecule has 3 aromatic carbocycles. The van der Waals surface area contributed by atoms with Crippen molar-refractivity contribution in [2.45, 2.75) is 20.5 Å². The predicted octanol–water partition coefficient (Wildman–Crippen LogP) is 4.90. The van der Waals surface area contributed by atoms with Crippen molar-refractivity contribution in [1.29, 1.82) is 0 Å². The maximum atomic E-state index is 12.3. The summed E-state index contributed by atoms with van der Waals surface area (Å²) in [6.07, 6.45) is 0. The summed E-state index contributed by atoms with van der Waals surface area (Å²) in [5.74, 6) is 0.461. The lowest BCUT2D eigenvalue weighted by Gasteiger charge is -2.12. The highest BCUT2D eigenvalue weighted by Crippen LogP contribution is 2.24. The Balaban J connectivity index is 1.98. The SMILES string of the molecule is CCOC(=O)c1cc2ccc(C)cc2cc1COc1ccccc1. The van der Waals surface area contributed by atoms with Gasteiger partial charge in [-0.05, 0) is 48.9 Å². The smallest absolute Gasteiger partial charge is 0.338 e. The standard InChI is InChI=1S/C21H20O3/c1-3-23-21(22)20-13-16-10-9-15(2)11-17(16)12-18(20)14-24-19-7-5-4-6-8-19/h4-13H,3,14H2,1-2H3. The third-order valence-electron chi connectivity index (χ3n) is 3.85. The van der Waals surface area contributed by atoms with Crippen molar-refractivity contribution in [2.75, 3.05) is 6.61 Å². The van der Waals surface area contributed by atoms with Crippen molar-refractivity contribution in [3.05, 3.63) is 77.4 Å². The highest BCUT2D eigenvalue weighted by atomic mass is 16.5. The van der Waals surface area contributed by atoms with E-state index < -0.39 is 0 Å². The Labute approximate surface area is 141 Å². The van der Waals surface area contributed by atoms with Gasteiger partial charge in [-0.3, -0.25) is 0 Å². The first kappa shape index (κ1) is 16.1. The van der Waals surface area contributed by atoms with Crippen molar-refractivity contribution in [3.8, 4) is 5.75 Å². The number of rotatable bonds is 5. The number of hydrogen-bond acceptors (Lipinski definition) is 3. The molecule has 0 atom stereocenters. The quantitative estimate of drug-likeness (QED) is 0.627. The molecule has 0 unspecified atom stereocenters. The van der Waals surface area contributed by atoms with Crippen LogP contribution in [0.5, 0.6) is 5.75 Å². The second-order valence-corrected chi connectivity index (χ2v) is 5.68. The monoisotopic (exact) mass is 320 g/mol. The fraction of sp³-hybridized carbons (Fsp3) is 0.190. The Kier molecular flexibility index (Phi) is 4.80. The van der Waals surface area contributed by atoms with Crippen molar-refractivity contribution >= 4 is 16.7 Å². The van der Waals surface area contributed by atoms with E-state index in [1.165, 1.54) is 5.56 Å². The average molecular weight is 320 g/mol. The van der Waals surface area contributed by atoms with E-state index in [9.17, 15) is 4.79 Å². The fourth-order valence-electron chi connectivity index (χ4n) is 2.66. The number of carbonyl (C=O) groups is 1. The molecule has 3 heteroatoms. The van der Waals surface area contributed by atoms with Gasteiger partial charge < -0.3 is 9.47 Å². The van der Waals surface area contributed by atoms with E-state index in [1.54, 1.807) is 0 Å². The molecule has 0 aliphatic carbocycles. The minimum atomic E-state index is -0.313. The zero-order chi connectivity index (χ0) is 16.9. The van der Waals surface area contributed by atoms with E-state index in [4.69, 9.17) is 9.47 Å². The van der Waals surface area contributed by atoms with Crippen LogP contribution in [-0.2, 0) is 11.3 Å². The number of benzene rings is 3. The predicted molar refractivity (Wildman–Crippen MR) is 95.4 cm³/mol. The van der Waals surface area contributed by atoms with E-state index in [0.29, 0.717) is 18.8 Å². The maximum Gasteiger partial charge on any atom is 0.338 e. The lowest BCUT2D eigenvalue weighted by molar-refractivity contribution is 0.0523. The summed E-state index contributed by atoms with van der Waals surface area (Å²) in [6.45, 7) is 4.53. The van der Waals surface area contributed by atoms with Gasteiger partial charge in [0.2, 0.25) is 0 Å². The Morgan fingerprint density at radius 2 is 1.75 bits per heavy atom. The summed E-state index contributed by atoms with van der Waals surface area (Å²) < 4.78 is 11.0. The number of carbonyl (C=O) groups excluding carboxylic acids is 1. The first-order valence-corrected chi connectivity index (χ1v) is 8.05. The molecular formula is C21H20O3. The van der Waals surface area contributed by atoms with E-state index >= 15 is 0 Å². The Morgan fingerprint density at radius 1 is 0.958 bits per heavy atom. The molecule has 0 bridgehead atoms. The zero-order valence-electron chi connectivity index (χ0n) is 13.9. The highest BCUT2D eigenvalue weighted by molar-refractivity contribution is 5.97. The average Bonchev–Trinajstić information content (AvgIpc) is 2.60. The van der Waals surface area contributed by atoms with Gasteiger partial charge in [0.1, 0.15) is 12.4 Å². The van der Waals surface area contributed by atoms with Gasteiger partial charge in [0, 0.05) is 5.56 Å². The number of fused-ring (bicyclic) bond motifs is 1. The molecule has 122 valence electrons. The minimum absolute atomic E-state index is 0.313. The van der Waals surface area contributed by atoms with E-state index in [1.807, 2.05) is 61.5 Å². The number of ether oxygens (including phenoxy) is 2. The van der Waals surface area contributed by atoms with Crippen LogP contribution in [0.25, 0.3) is 10.8 Å². The third-order valence-corrected chi connectivity index (χ3v) is 3.85. The van der Waals surface area contributed by atoms with Crippen molar-refractivity contribution in [2.24, 2.45) is 0 Å². The van der Waals surface area contributed by atoms with Crippen molar-refractivity contribution in [1.82, 2.24) is 0 Å². The summed E-state index contributed by atoms with van der Waals surface area (Å²) in [4.78, 5) is 12.3. The normalized spacial score (nSPS) is 10.6. The summed E-state index contributed by atoms with van der Waals surface area (Å²) in [5.41, 5.74) is 2.57. The van der Waals surface area contributed by atoms with Crippen LogP contribution in [0, 0.1) is 6.92 Å². The second-order valence-electron chi connectivity index (χ2n) is 5.68. The van der Waals surface area contributed by atoms with Crippen molar-refractivity contribution in [3.63, 3.8) is 0 Å². The van der Waals surface area contributed by atoms with Crippen LogP contribution in [-0.4, -0.2) is 12.6 Å². The molecule has 3 rings (SSSR count). The van der Waals surface area contributed by atoms with Gasteiger partial charge in [-0.15, -0.1) is 0 Å². The van der Waals surface area contributed by atoms with Gasteiger partial charge >= 0.3 is 5.97 Å². The van der Waals surface area contributed by atoms with Gasteiger partial charge in [-0.1, -0.05) is 42.0 Å². The van der Waals surface area contributed by atoms with E-state index in [2.05, 4.69) is 13.0 Å². The van der Waals surface area contributed by atoms with Gasteiger partial charge in [0.25, 0.3) is 0 Å². The number of aryl methyl sites for hydroxylation is 1. The Hall–Kier alpha value is -2.81. The number of esters is 1. The molecule has 24 heavy (non-hydrogen) atoms. The zero-order valence-corrected chi connectivity index (χ0v) is 13.9. The molecule has 3 aromatic rings. The topological polar surface area (TPSA) is 35.5 Å². The molecule has 0 heterocycles. The summed E-state index contributed by atoms with van der Waals surface area (Å²) in [6, 6.07) is 19.6. The summed E-state index contributed by atoms with van der Waals surface area (Å²) in [7, 11) is 0. The van der Waals surface area contributed by atoms with Crippen molar-refractivity contribution < 1.29 is 14.3 Å². The Bertz CT molecular complexity index is 854. The van der Waals surface area contributed by atoms with Crippen LogP contribution in [0.3, 0.4) is 0 Å². The first-order valence-electron chi connectivity index (χ1n) is 8.05. The second kappa shape index (κ2) is 7.18. The molecule has 0 aliphatic heterocycles. The van der Waals surface area contributed by atoms with Gasteiger partial charge in [-0.25, -0.2) is 4.79 Å². The summed E-state index contributed by atoms with van der Waals surface area (Å²) in [5, 5.41) is 2.11. The number of hydrogen-bond donors (Lipinski definition) is 0. The molecule has 0 amide bonds. The first-order chi connectivity index (χ1) is 11.7. The lowest BCUT2D eigenvalue weighted by atomic mass is 10.00. The van der Waals surface area contributed by atoms with Gasteiger partial charge in [0.05, 0.1) is 12.2 Å². The van der Waals surface area contributed by atoms with Crippen LogP contribution in [0.2, 0.25) is 0 Å². The number of para-hydroxylation sites is 1. The largest absolute Gasteiger partial charge is 0.489 e. The molecule has 0 spiro atoms. The third kappa shape index (κ3) is 3.57. The molecule has 0 saturated carbocycles. The molecule has 3 nitrogen and oxygen atoms in total. The molecule has 0 saturated heterocycles. The van der Waals surface area contributed by atoms with E-state index in [-0.39, 0.29) is 5.97 Å². The molecule has 0 aromatic heterocycles. The molecule has 0 radical (unpaired) electrons. The van der Waals surface area contributed by atoms with Crippen LogP contribution in [0.4, 0.5) is 0 Å². The molecule has 0 fully saturated rings. The van der Waals surface area contributed by atoms with Crippen LogP contribution in [0.15, 0.2) is 60.7 Å². The van der Waals surface area contributed by atoms with Crippen LogP contribution < -0.4 is 4.74 Å². The molecule has 0 N–H and O–H groups in total. The van der Waals surface area contributed by atoms with Crippen LogP contribution >= 0.6 is 0 Å². The van der Waals surface area contributed by atoms with E-state index in [0.717, 1.165) is 22.1 Å². The highest BCUT2D eigenvalue weighted by Gasteiger charge is 2.14. The minimum Gasteiger partial charge on any atom is -0.489 e. The Morgan fingerprint density at radius 3 is 2.50 bits per heavy atom. The fourth-order valence-corrected chi connectivity index (χ4v) is 2.66. The van der Waals surface area contributed by atoms with Gasteiger partial charge in [0.15, 0.2) is 0 Å². The molecular weight excluding hydrogens is 300 g/mol. The summed E-state index contributed by atoms with van der Waals surface area (Å²) >= 11 is 0. The van der Waals surface area contributed by atoms with Crippen LogP contribution in [0.1, 0.15) is 28.4 Å². The van der Waals surface area contributed by atoms with Gasteiger partial charge in [-0.2, -0.15) is 0 Å². The molecule has 0 aliphatic rings. The lowest BCUT2D eigenvalue weighted by Crippen LogP contribution is -2.10.